The number of fused-ring (bicyclic) bond motifs is 2. The van der Waals surface area contributed by atoms with Crippen molar-refractivity contribution >= 4 is 17.9 Å². The summed E-state index contributed by atoms with van der Waals surface area (Å²) in [5, 5.41) is 18.3. The smallest absolute Gasteiger partial charge is 0.410 e. The third-order valence-electron chi connectivity index (χ3n) is 8.54. The van der Waals surface area contributed by atoms with Crippen molar-refractivity contribution in [3.05, 3.63) is 101 Å². The molecule has 3 amide bonds. The van der Waals surface area contributed by atoms with Gasteiger partial charge in [0.05, 0.1) is 24.5 Å². The second kappa shape index (κ2) is 12.5. The fourth-order valence-corrected chi connectivity index (χ4v) is 6.26. The Labute approximate surface area is 258 Å². The number of ether oxygens (including phenoxy) is 2. The molecule has 3 aliphatic rings. The Morgan fingerprint density at radius 1 is 1.13 bits per heavy atom. The van der Waals surface area contributed by atoms with Crippen molar-refractivity contribution < 1.29 is 33.4 Å². The minimum atomic E-state index is -1.07. The summed E-state index contributed by atoms with van der Waals surface area (Å²) < 4.78 is 26.8. The topological polar surface area (TPSA) is 139 Å². The van der Waals surface area contributed by atoms with Gasteiger partial charge in [0, 0.05) is 37.3 Å². The number of nitrogens with zero attached hydrogens (tertiary/aromatic N) is 5. The molecule has 2 N–H and O–H groups in total. The van der Waals surface area contributed by atoms with Gasteiger partial charge < -0.3 is 29.7 Å². The minimum absolute atomic E-state index is 0.0430. The van der Waals surface area contributed by atoms with Crippen molar-refractivity contribution in [3.8, 4) is 5.69 Å². The molecule has 0 atom stereocenters. The van der Waals surface area contributed by atoms with Crippen LogP contribution in [0.15, 0.2) is 78.0 Å². The lowest BCUT2D eigenvalue weighted by Gasteiger charge is -2.48. The average Bonchev–Trinajstić information content (AvgIpc) is 3.32. The Kier molecular flexibility index (Phi) is 8.35. The Morgan fingerprint density at radius 2 is 1.91 bits per heavy atom. The number of benzene rings is 2. The zero-order chi connectivity index (χ0) is 31.6. The summed E-state index contributed by atoms with van der Waals surface area (Å²) in [6.07, 6.45) is 3.16. The monoisotopic (exact) mass is 616 g/mol. The summed E-state index contributed by atoms with van der Waals surface area (Å²) in [6.45, 7) is 2.97. The third-order valence-corrected chi connectivity index (χ3v) is 8.54. The van der Waals surface area contributed by atoms with Crippen LogP contribution in [0.3, 0.4) is 0 Å². The van der Waals surface area contributed by atoms with Crippen LogP contribution in [-0.2, 0) is 32.2 Å². The minimum Gasteiger partial charge on any atom is -0.503 e. The first-order valence-corrected chi connectivity index (χ1v) is 14.7. The number of rotatable bonds is 6. The number of hydrogen-bond donors (Lipinski definition) is 2. The number of amides is 3. The van der Waals surface area contributed by atoms with Crippen LogP contribution in [0, 0.1) is 18.2 Å². The maximum Gasteiger partial charge on any atom is 0.410 e. The Bertz CT molecular complexity index is 1680. The van der Waals surface area contributed by atoms with Crippen molar-refractivity contribution in [1.29, 1.82) is 0 Å². The highest BCUT2D eigenvalue weighted by Crippen LogP contribution is 2.51. The van der Waals surface area contributed by atoms with Crippen LogP contribution in [-0.4, -0.2) is 80.4 Å². The first-order chi connectivity index (χ1) is 21.8. The number of carbonyl (C=O) groups is 3. The van der Waals surface area contributed by atoms with Gasteiger partial charge in [-0.2, -0.15) is 5.10 Å². The average molecular weight is 617 g/mol. The zero-order valence-electron chi connectivity index (χ0n) is 24.7. The van der Waals surface area contributed by atoms with E-state index in [9.17, 15) is 23.9 Å². The number of allylic oxidation sites excluding steroid dienone is 1. The maximum atomic E-state index is 14.2. The fraction of sp³-hybridized carbons (Fsp3) is 0.344. The molecule has 1 aromatic heterocycles. The summed E-state index contributed by atoms with van der Waals surface area (Å²) in [7, 11) is 0. The number of aliphatic hydroxyl groups excluding tert-OH is 1. The van der Waals surface area contributed by atoms with Crippen molar-refractivity contribution in [2.75, 3.05) is 32.8 Å². The molecule has 45 heavy (non-hydrogen) atoms. The number of carbonyl (C=O) groups excluding carboxylic acids is 3. The normalized spacial score (nSPS) is 17.9. The fourth-order valence-electron chi connectivity index (χ4n) is 6.26. The Hall–Kier alpha value is -5.04. The molecule has 3 aliphatic heterocycles. The van der Waals surface area contributed by atoms with Crippen molar-refractivity contribution in [2.24, 2.45) is 5.41 Å². The number of halogens is 1. The van der Waals surface area contributed by atoms with E-state index >= 15 is 0 Å². The van der Waals surface area contributed by atoms with Crippen LogP contribution >= 0.6 is 0 Å². The lowest BCUT2D eigenvalue weighted by atomic mass is 9.66. The highest BCUT2D eigenvalue weighted by atomic mass is 19.1. The Balaban J connectivity index is 1.26. The van der Waals surface area contributed by atoms with Crippen LogP contribution in [0.4, 0.5) is 9.18 Å². The number of aryl methyl sites for hydroxylation is 1. The van der Waals surface area contributed by atoms with E-state index in [-0.39, 0.29) is 64.4 Å². The van der Waals surface area contributed by atoms with E-state index in [2.05, 4.69) is 15.4 Å². The standard InChI is InChI=1S/C32H33FN6O6/c1-21-35-20-36-39(21)25-17-24(33)8-7-23(25)18-34-29(41)27-28(40)30(42)38-14-16-44-15-9-26(38)32(27)10-12-37(13-11-32)31(43)45-19-22-5-3-2-4-6-22/h2-9,17,20,40H,10-16,18-19H2,1H3,(H,34,41). The molecule has 0 aliphatic carbocycles. The predicted molar refractivity (Wildman–Crippen MR) is 158 cm³/mol. The van der Waals surface area contributed by atoms with Crippen LogP contribution < -0.4 is 5.32 Å². The molecule has 12 nitrogen and oxygen atoms in total. The molecule has 0 saturated carbocycles. The van der Waals surface area contributed by atoms with Crippen molar-refractivity contribution in [3.63, 3.8) is 0 Å². The molecule has 1 saturated heterocycles. The quantitative estimate of drug-likeness (QED) is 0.430. The van der Waals surface area contributed by atoms with Gasteiger partial charge in [-0.15, -0.1) is 0 Å². The van der Waals surface area contributed by atoms with Gasteiger partial charge in [0.1, 0.15) is 24.6 Å². The van der Waals surface area contributed by atoms with E-state index < -0.39 is 34.9 Å². The van der Waals surface area contributed by atoms with Gasteiger partial charge in [-0.05, 0) is 49.1 Å². The van der Waals surface area contributed by atoms with Gasteiger partial charge in [0.15, 0.2) is 5.76 Å². The van der Waals surface area contributed by atoms with Gasteiger partial charge in [-0.3, -0.25) is 9.59 Å². The number of aliphatic hydroxyl groups is 1. The van der Waals surface area contributed by atoms with E-state index in [0.29, 0.717) is 22.8 Å². The van der Waals surface area contributed by atoms with Gasteiger partial charge in [0.2, 0.25) is 0 Å². The molecule has 1 fully saturated rings. The summed E-state index contributed by atoms with van der Waals surface area (Å²) in [5.41, 5.74) is 1.25. The highest BCUT2D eigenvalue weighted by molar-refractivity contribution is 6.07. The molecular formula is C32H33FN6O6. The molecule has 2 aromatic carbocycles. The molecule has 0 bridgehead atoms. The molecule has 3 aromatic rings. The molecule has 234 valence electrons. The summed E-state index contributed by atoms with van der Waals surface area (Å²) in [5.74, 6) is -1.92. The van der Waals surface area contributed by atoms with E-state index in [1.807, 2.05) is 30.3 Å². The molecule has 4 heterocycles. The third kappa shape index (κ3) is 5.78. The molecule has 1 spiro atoms. The molecule has 6 rings (SSSR count). The SMILES string of the molecule is Cc1ncnn1-c1cc(F)ccc1CNC(=O)C1=C(O)C(=O)N2CCOCC=C2C12CCN(C(=O)OCc1ccccc1)CC2. The molecule has 13 heteroatoms. The summed E-state index contributed by atoms with van der Waals surface area (Å²) in [4.78, 5) is 47.5. The van der Waals surface area contributed by atoms with Gasteiger partial charge >= 0.3 is 6.09 Å². The largest absolute Gasteiger partial charge is 0.503 e. The molecular weight excluding hydrogens is 583 g/mol. The van der Waals surface area contributed by atoms with Crippen molar-refractivity contribution in [1.82, 2.24) is 29.9 Å². The number of nitrogens with one attached hydrogen (secondary N) is 1. The second-order valence-electron chi connectivity index (χ2n) is 11.1. The number of likely N-dealkylation sites (tertiary alicyclic amines) is 1. The predicted octanol–water partition coefficient (Wildman–Crippen LogP) is 3.32. The van der Waals surface area contributed by atoms with Crippen LogP contribution in [0.25, 0.3) is 5.69 Å². The van der Waals surface area contributed by atoms with E-state index in [4.69, 9.17) is 9.47 Å². The number of hydrogen-bond acceptors (Lipinski definition) is 8. The van der Waals surface area contributed by atoms with Crippen LogP contribution in [0.1, 0.15) is 29.8 Å². The van der Waals surface area contributed by atoms with Crippen LogP contribution in [0.2, 0.25) is 0 Å². The first-order valence-electron chi connectivity index (χ1n) is 14.7. The lowest BCUT2D eigenvalue weighted by molar-refractivity contribution is -0.133. The number of aromatic nitrogens is 3. The highest BCUT2D eigenvalue weighted by Gasteiger charge is 2.53. The van der Waals surface area contributed by atoms with Gasteiger partial charge in [0.25, 0.3) is 11.8 Å². The number of piperidine rings is 1. The molecule has 0 unspecified atom stereocenters. The van der Waals surface area contributed by atoms with Crippen molar-refractivity contribution in [2.45, 2.75) is 32.9 Å². The Morgan fingerprint density at radius 3 is 2.64 bits per heavy atom. The van der Waals surface area contributed by atoms with E-state index in [0.717, 1.165) is 5.56 Å². The summed E-state index contributed by atoms with van der Waals surface area (Å²) >= 11 is 0. The lowest BCUT2D eigenvalue weighted by Crippen LogP contribution is -2.54. The van der Waals surface area contributed by atoms with Gasteiger partial charge in [-0.1, -0.05) is 36.4 Å². The van der Waals surface area contributed by atoms with Crippen LogP contribution in [0.5, 0.6) is 0 Å². The second-order valence-corrected chi connectivity index (χ2v) is 11.1. The zero-order valence-corrected chi connectivity index (χ0v) is 24.7. The van der Waals surface area contributed by atoms with Gasteiger partial charge in [-0.25, -0.2) is 18.9 Å². The first kappa shape index (κ1) is 30.0. The molecule has 0 radical (unpaired) electrons. The summed E-state index contributed by atoms with van der Waals surface area (Å²) in [6, 6.07) is 13.5. The maximum absolute atomic E-state index is 14.2. The van der Waals surface area contributed by atoms with E-state index in [1.54, 1.807) is 17.9 Å². The van der Waals surface area contributed by atoms with E-state index in [1.165, 1.54) is 34.1 Å².